The lowest BCUT2D eigenvalue weighted by molar-refractivity contribution is -0.115. The van der Waals surface area contributed by atoms with Crippen LogP contribution in [0.25, 0.3) is 0 Å². The van der Waals surface area contributed by atoms with Crippen molar-refractivity contribution >= 4 is 23.0 Å². The summed E-state index contributed by atoms with van der Waals surface area (Å²) >= 11 is 0. The molecule has 3 aromatic rings. The molecule has 1 aliphatic rings. The minimum Gasteiger partial charge on any atom is -0.490 e. The molecule has 0 aromatic heterocycles. The molecule has 0 spiro atoms. The molecule has 1 atom stereocenters. The molecule has 0 aliphatic carbocycles. The van der Waals surface area contributed by atoms with Gasteiger partial charge in [-0.15, -0.1) is 0 Å². The number of anilines is 1. The molecule has 1 aliphatic heterocycles. The standard InChI is InChI=1S/C28H31N3O3/c1-4-29-18-19-12-14-21(15-13-19)30-27(20-10-8-7-9-11-20)26-22-16-24(33-5-2)25(34-6-3)17-23(22)31-28(26)32/h7-17,26,29H,4-6,18H2,1-3H3,(H,31,32). The zero-order valence-corrected chi connectivity index (χ0v) is 19.9. The first-order valence-electron chi connectivity index (χ1n) is 11.8. The van der Waals surface area contributed by atoms with Crippen LogP contribution in [0.4, 0.5) is 11.4 Å². The number of hydrogen-bond acceptors (Lipinski definition) is 5. The quantitative estimate of drug-likeness (QED) is 0.397. The van der Waals surface area contributed by atoms with Gasteiger partial charge in [0.1, 0.15) is 5.92 Å². The van der Waals surface area contributed by atoms with E-state index in [4.69, 9.17) is 14.5 Å². The summed E-state index contributed by atoms with van der Waals surface area (Å²) in [7, 11) is 0. The summed E-state index contributed by atoms with van der Waals surface area (Å²) in [6.07, 6.45) is 0. The molecule has 6 heteroatoms. The highest BCUT2D eigenvalue weighted by Gasteiger charge is 2.36. The average molecular weight is 458 g/mol. The molecule has 2 N–H and O–H groups in total. The van der Waals surface area contributed by atoms with Crippen LogP contribution in [0.1, 0.15) is 43.4 Å². The second-order valence-electron chi connectivity index (χ2n) is 7.98. The highest BCUT2D eigenvalue weighted by Crippen LogP contribution is 2.43. The van der Waals surface area contributed by atoms with Gasteiger partial charge in [-0.1, -0.05) is 49.4 Å². The van der Waals surface area contributed by atoms with Gasteiger partial charge < -0.3 is 20.1 Å². The zero-order valence-electron chi connectivity index (χ0n) is 19.9. The summed E-state index contributed by atoms with van der Waals surface area (Å²) in [5.74, 6) is 0.578. The minimum absolute atomic E-state index is 0.113. The van der Waals surface area contributed by atoms with Gasteiger partial charge in [-0.05, 0) is 55.3 Å². The molecule has 34 heavy (non-hydrogen) atoms. The molecule has 1 heterocycles. The largest absolute Gasteiger partial charge is 0.490 e. The predicted molar refractivity (Wildman–Crippen MR) is 137 cm³/mol. The predicted octanol–water partition coefficient (Wildman–Crippen LogP) is 5.45. The van der Waals surface area contributed by atoms with Crippen LogP contribution in [0, 0.1) is 0 Å². The first-order valence-corrected chi connectivity index (χ1v) is 11.8. The molecule has 0 saturated carbocycles. The maximum atomic E-state index is 13.3. The number of nitrogens with one attached hydrogen (secondary N) is 2. The Labute approximate surface area is 201 Å². The Balaban J connectivity index is 1.78. The van der Waals surface area contributed by atoms with Gasteiger partial charge in [0.2, 0.25) is 5.91 Å². The van der Waals surface area contributed by atoms with Gasteiger partial charge in [0.05, 0.1) is 24.6 Å². The topological polar surface area (TPSA) is 72.0 Å². The molecule has 1 amide bonds. The Morgan fingerprint density at radius 2 is 1.62 bits per heavy atom. The number of rotatable bonds is 10. The minimum atomic E-state index is -0.561. The molecule has 176 valence electrons. The van der Waals surface area contributed by atoms with Gasteiger partial charge in [0, 0.05) is 18.3 Å². The second-order valence-corrected chi connectivity index (χ2v) is 7.98. The number of amides is 1. The van der Waals surface area contributed by atoms with Crippen LogP contribution >= 0.6 is 0 Å². The Morgan fingerprint density at radius 1 is 0.941 bits per heavy atom. The van der Waals surface area contributed by atoms with Gasteiger partial charge in [-0.2, -0.15) is 0 Å². The first kappa shape index (κ1) is 23.5. The lowest BCUT2D eigenvalue weighted by Crippen LogP contribution is -2.22. The Hall–Kier alpha value is -3.64. The van der Waals surface area contributed by atoms with E-state index < -0.39 is 5.92 Å². The van der Waals surface area contributed by atoms with Crippen molar-refractivity contribution in [2.75, 3.05) is 25.1 Å². The summed E-state index contributed by atoms with van der Waals surface area (Å²) in [5, 5.41) is 6.35. The van der Waals surface area contributed by atoms with Crippen LogP contribution in [0.3, 0.4) is 0 Å². The van der Waals surface area contributed by atoms with Gasteiger partial charge in [-0.25, -0.2) is 0 Å². The maximum absolute atomic E-state index is 13.3. The summed E-state index contributed by atoms with van der Waals surface area (Å²) in [6.45, 7) is 8.69. The third kappa shape index (κ3) is 5.13. The number of carbonyl (C=O) groups is 1. The fourth-order valence-corrected chi connectivity index (χ4v) is 4.08. The van der Waals surface area contributed by atoms with Crippen LogP contribution in [-0.2, 0) is 11.3 Å². The number of hydrogen-bond donors (Lipinski definition) is 2. The summed E-state index contributed by atoms with van der Waals surface area (Å²) in [5.41, 5.74) is 5.16. The fraction of sp³-hybridized carbons (Fsp3) is 0.286. The molecule has 0 radical (unpaired) electrons. The van der Waals surface area contributed by atoms with Crippen molar-refractivity contribution in [1.29, 1.82) is 0 Å². The van der Waals surface area contributed by atoms with E-state index in [1.807, 2.05) is 68.4 Å². The highest BCUT2D eigenvalue weighted by molar-refractivity contribution is 6.24. The van der Waals surface area contributed by atoms with Crippen LogP contribution in [-0.4, -0.2) is 31.4 Å². The summed E-state index contributed by atoms with van der Waals surface area (Å²) < 4.78 is 11.6. The zero-order chi connectivity index (χ0) is 23.9. The fourth-order valence-electron chi connectivity index (χ4n) is 4.08. The van der Waals surface area contributed by atoms with Crippen molar-refractivity contribution in [2.24, 2.45) is 4.99 Å². The molecule has 1 unspecified atom stereocenters. The normalized spacial score (nSPS) is 15.1. The lowest BCUT2D eigenvalue weighted by atomic mass is 9.90. The Kier molecular flexibility index (Phi) is 7.60. The average Bonchev–Trinajstić information content (AvgIpc) is 3.17. The van der Waals surface area contributed by atoms with Crippen LogP contribution in [0.5, 0.6) is 11.5 Å². The number of nitrogens with zero attached hydrogens (tertiary/aromatic N) is 1. The first-order chi connectivity index (χ1) is 16.6. The van der Waals surface area contributed by atoms with Crippen molar-refractivity contribution in [1.82, 2.24) is 5.32 Å². The molecule has 4 rings (SSSR count). The van der Waals surface area contributed by atoms with Crippen LogP contribution in [0.15, 0.2) is 71.7 Å². The monoisotopic (exact) mass is 457 g/mol. The van der Waals surface area contributed by atoms with Crippen molar-refractivity contribution in [2.45, 2.75) is 33.2 Å². The Bertz CT molecular complexity index is 1160. The molecule has 0 bridgehead atoms. The van der Waals surface area contributed by atoms with E-state index in [1.165, 1.54) is 5.56 Å². The van der Waals surface area contributed by atoms with Gasteiger partial charge in [0.15, 0.2) is 11.5 Å². The number of benzene rings is 3. The van der Waals surface area contributed by atoms with Gasteiger partial charge >= 0.3 is 0 Å². The second kappa shape index (κ2) is 11.0. The number of fused-ring (bicyclic) bond motifs is 1. The summed E-state index contributed by atoms with van der Waals surface area (Å²) in [4.78, 5) is 18.2. The van der Waals surface area contributed by atoms with E-state index in [0.717, 1.165) is 35.6 Å². The molecular weight excluding hydrogens is 426 g/mol. The lowest BCUT2D eigenvalue weighted by Gasteiger charge is -2.16. The van der Waals surface area contributed by atoms with Crippen LogP contribution < -0.4 is 20.1 Å². The van der Waals surface area contributed by atoms with E-state index >= 15 is 0 Å². The number of ether oxygens (including phenoxy) is 2. The molecule has 6 nitrogen and oxygen atoms in total. The maximum Gasteiger partial charge on any atom is 0.238 e. The van der Waals surface area contributed by atoms with Crippen molar-refractivity contribution < 1.29 is 14.3 Å². The third-order valence-corrected chi connectivity index (χ3v) is 5.65. The SMILES string of the molecule is CCNCc1ccc(N=C(c2ccccc2)C2C(=O)Nc3cc(OCC)c(OCC)cc32)cc1. The summed E-state index contributed by atoms with van der Waals surface area (Å²) in [6, 6.07) is 21.7. The van der Waals surface area contributed by atoms with Gasteiger partial charge in [-0.3, -0.25) is 9.79 Å². The molecule has 0 saturated heterocycles. The Morgan fingerprint density at radius 3 is 2.26 bits per heavy atom. The van der Waals surface area contributed by atoms with E-state index in [2.05, 4.69) is 29.7 Å². The van der Waals surface area contributed by atoms with Gasteiger partial charge in [0.25, 0.3) is 0 Å². The van der Waals surface area contributed by atoms with Crippen molar-refractivity contribution in [3.63, 3.8) is 0 Å². The smallest absolute Gasteiger partial charge is 0.238 e. The van der Waals surface area contributed by atoms with E-state index in [-0.39, 0.29) is 5.91 Å². The van der Waals surface area contributed by atoms with Crippen LogP contribution in [0.2, 0.25) is 0 Å². The van der Waals surface area contributed by atoms with Crippen molar-refractivity contribution in [3.8, 4) is 11.5 Å². The number of carbonyl (C=O) groups excluding carboxylic acids is 1. The third-order valence-electron chi connectivity index (χ3n) is 5.65. The molecular formula is C28H31N3O3. The van der Waals surface area contributed by atoms with E-state index in [9.17, 15) is 4.79 Å². The van der Waals surface area contributed by atoms with E-state index in [0.29, 0.717) is 30.4 Å². The molecule has 0 fully saturated rings. The molecule has 3 aromatic carbocycles. The van der Waals surface area contributed by atoms with Crippen molar-refractivity contribution in [3.05, 3.63) is 83.4 Å². The highest BCUT2D eigenvalue weighted by atomic mass is 16.5. The van der Waals surface area contributed by atoms with E-state index in [1.54, 1.807) is 0 Å². The number of aliphatic imine (C=N–C) groups is 1.